The van der Waals surface area contributed by atoms with Gasteiger partial charge in [-0.25, -0.2) is 4.39 Å². The first-order chi connectivity index (χ1) is 16.0. The van der Waals surface area contributed by atoms with Gasteiger partial charge in [0.05, 0.1) is 13.2 Å². The maximum Gasteiger partial charge on any atom is 0.236 e. The molecule has 2 aliphatic rings. The van der Waals surface area contributed by atoms with Crippen LogP contribution in [0.3, 0.4) is 0 Å². The van der Waals surface area contributed by atoms with E-state index < -0.39 is 6.10 Å². The highest BCUT2D eigenvalue weighted by molar-refractivity contribution is 5.78. The van der Waals surface area contributed by atoms with Gasteiger partial charge in [0.15, 0.2) is 0 Å². The van der Waals surface area contributed by atoms with Gasteiger partial charge in [-0.15, -0.1) is 0 Å². The number of ether oxygens (including phenoxy) is 2. The number of benzene rings is 2. The molecule has 1 amide bonds. The van der Waals surface area contributed by atoms with Crippen molar-refractivity contribution < 1.29 is 18.7 Å². The van der Waals surface area contributed by atoms with Gasteiger partial charge in [0.2, 0.25) is 5.91 Å². The number of nitrogens with zero attached hydrogens (tertiary/aromatic N) is 3. The van der Waals surface area contributed by atoms with Gasteiger partial charge in [-0.1, -0.05) is 36.4 Å². The van der Waals surface area contributed by atoms with Gasteiger partial charge in [-0.05, 0) is 31.0 Å². The van der Waals surface area contributed by atoms with Crippen molar-refractivity contribution in [2.45, 2.75) is 19.1 Å². The van der Waals surface area contributed by atoms with Crippen LogP contribution in [-0.2, 0) is 16.1 Å². The molecule has 4 rings (SSSR count). The molecule has 0 unspecified atom stereocenters. The molecule has 178 valence electrons. The third kappa shape index (κ3) is 6.10. The third-order valence-electron chi connectivity index (χ3n) is 6.61. The quantitative estimate of drug-likeness (QED) is 0.612. The van der Waals surface area contributed by atoms with Gasteiger partial charge in [0.25, 0.3) is 0 Å². The van der Waals surface area contributed by atoms with Crippen LogP contribution >= 0.6 is 0 Å². The zero-order valence-corrected chi connectivity index (χ0v) is 19.6. The fraction of sp³-hybridized carbons (Fsp3) is 0.500. The average Bonchev–Trinajstić information content (AvgIpc) is 3.17. The number of methoxy groups -OCH3 is 1. The Kier molecular flexibility index (Phi) is 7.96. The number of halogens is 1. The number of likely N-dealkylation sites (tertiary alicyclic amines) is 1. The molecular formula is C26H34FN3O3. The highest BCUT2D eigenvalue weighted by Crippen LogP contribution is 2.32. The fourth-order valence-corrected chi connectivity index (χ4v) is 4.78. The standard InChI is InChI=1S/C26H34FN3O3/c1-28(15-20-11-12-29(16-20)13-14-32-2)26(31)19-30-17-21-7-3-6-10-24(21)33-25(18-30)22-8-4-5-9-23(22)27/h3-10,20,25H,11-19H2,1-2H3/t20-,25+/m1/s1. The lowest BCUT2D eigenvalue weighted by molar-refractivity contribution is -0.132. The summed E-state index contributed by atoms with van der Waals surface area (Å²) < 4.78 is 26.0. The zero-order chi connectivity index (χ0) is 23.2. The molecule has 7 heteroatoms. The first kappa shape index (κ1) is 23.7. The fourth-order valence-electron chi connectivity index (χ4n) is 4.78. The molecule has 0 saturated carbocycles. The minimum Gasteiger partial charge on any atom is -0.484 e. The summed E-state index contributed by atoms with van der Waals surface area (Å²) in [5.74, 6) is 1.02. The maximum absolute atomic E-state index is 14.6. The summed E-state index contributed by atoms with van der Waals surface area (Å²) in [5, 5.41) is 0. The molecule has 0 N–H and O–H groups in total. The van der Waals surface area contributed by atoms with Gasteiger partial charge in [-0.3, -0.25) is 9.69 Å². The first-order valence-electron chi connectivity index (χ1n) is 11.7. The van der Waals surface area contributed by atoms with Crippen LogP contribution in [0.5, 0.6) is 5.75 Å². The second-order valence-electron chi connectivity index (χ2n) is 9.13. The molecule has 0 spiro atoms. The summed E-state index contributed by atoms with van der Waals surface area (Å²) in [6.45, 7) is 5.80. The van der Waals surface area contributed by atoms with Crippen molar-refractivity contribution in [1.82, 2.24) is 14.7 Å². The molecule has 1 fully saturated rings. The van der Waals surface area contributed by atoms with E-state index in [9.17, 15) is 9.18 Å². The second kappa shape index (κ2) is 11.1. The second-order valence-corrected chi connectivity index (χ2v) is 9.13. The minimum absolute atomic E-state index is 0.0806. The molecule has 2 aromatic rings. The van der Waals surface area contributed by atoms with E-state index in [1.54, 1.807) is 19.2 Å². The summed E-state index contributed by atoms with van der Waals surface area (Å²) >= 11 is 0. The van der Waals surface area contributed by atoms with Crippen molar-refractivity contribution in [1.29, 1.82) is 0 Å². The number of para-hydroxylation sites is 1. The van der Waals surface area contributed by atoms with E-state index in [4.69, 9.17) is 9.47 Å². The number of hydrogen-bond donors (Lipinski definition) is 0. The van der Waals surface area contributed by atoms with Gasteiger partial charge in [0.1, 0.15) is 17.7 Å². The van der Waals surface area contributed by atoms with Crippen LogP contribution in [0.4, 0.5) is 4.39 Å². The van der Waals surface area contributed by atoms with Crippen molar-refractivity contribution in [2.24, 2.45) is 5.92 Å². The van der Waals surface area contributed by atoms with E-state index in [1.807, 2.05) is 42.3 Å². The third-order valence-corrected chi connectivity index (χ3v) is 6.61. The predicted octanol–water partition coefficient (Wildman–Crippen LogP) is 3.19. The van der Waals surface area contributed by atoms with Crippen LogP contribution in [0.1, 0.15) is 23.7 Å². The Bertz CT molecular complexity index is 941. The van der Waals surface area contributed by atoms with Gasteiger partial charge < -0.3 is 19.3 Å². The lowest BCUT2D eigenvalue weighted by atomic mass is 10.1. The van der Waals surface area contributed by atoms with Crippen LogP contribution < -0.4 is 4.74 Å². The molecule has 33 heavy (non-hydrogen) atoms. The number of carbonyl (C=O) groups excluding carboxylic acids is 1. The van der Waals surface area contributed by atoms with E-state index in [-0.39, 0.29) is 18.3 Å². The lowest BCUT2D eigenvalue weighted by Gasteiger charge is -2.27. The molecule has 0 aliphatic carbocycles. The molecular weight excluding hydrogens is 421 g/mol. The number of hydrogen-bond acceptors (Lipinski definition) is 5. The normalized spacial score (nSPS) is 21.3. The Morgan fingerprint density at radius 1 is 1.15 bits per heavy atom. The number of rotatable bonds is 8. The molecule has 2 aliphatic heterocycles. The SMILES string of the molecule is COCCN1CC[C@H](CN(C)C(=O)CN2Cc3ccccc3O[C@H](c3ccccc3F)C2)C1. The van der Waals surface area contributed by atoms with Crippen molar-refractivity contribution in [3.8, 4) is 5.75 Å². The van der Waals surface area contributed by atoms with Crippen molar-refractivity contribution >= 4 is 5.91 Å². The van der Waals surface area contributed by atoms with Crippen LogP contribution in [0.2, 0.25) is 0 Å². The Balaban J connectivity index is 1.41. The van der Waals surface area contributed by atoms with Crippen molar-refractivity contribution in [3.05, 3.63) is 65.5 Å². The van der Waals surface area contributed by atoms with E-state index >= 15 is 0 Å². The van der Waals surface area contributed by atoms with Gasteiger partial charge in [0, 0.05) is 58.0 Å². The molecule has 2 heterocycles. The van der Waals surface area contributed by atoms with Gasteiger partial charge >= 0.3 is 0 Å². The number of carbonyl (C=O) groups is 1. The first-order valence-corrected chi connectivity index (χ1v) is 11.7. The lowest BCUT2D eigenvalue weighted by Crippen LogP contribution is -2.41. The summed E-state index contributed by atoms with van der Waals surface area (Å²) in [6, 6.07) is 14.5. The molecule has 2 aromatic carbocycles. The average molecular weight is 456 g/mol. The van der Waals surface area contributed by atoms with Crippen LogP contribution in [0, 0.1) is 11.7 Å². The van der Waals surface area contributed by atoms with Crippen LogP contribution in [0.15, 0.2) is 48.5 Å². The van der Waals surface area contributed by atoms with E-state index in [0.29, 0.717) is 24.6 Å². The highest BCUT2D eigenvalue weighted by Gasteiger charge is 2.29. The Hall–Kier alpha value is -2.48. The van der Waals surface area contributed by atoms with Crippen molar-refractivity contribution in [3.63, 3.8) is 0 Å². The topological polar surface area (TPSA) is 45.2 Å². The van der Waals surface area contributed by atoms with Crippen LogP contribution in [0.25, 0.3) is 0 Å². The Morgan fingerprint density at radius 3 is 2.76 bits per heavy atom. The van der Waals surface area contributed by atoms with E-state index in [0.717, 1.165) is 50.5 Å². The minimum atomic E-state index is -0.475. The number of fused-ring (bicyclic) bond motifs is 1. The predicted molar refractivity (Wildman–Crippen MR) is 126 cm³/mol. The maximum atomic E-state index is 14.6. The monoisotopic (exact) mass is 455 g/mol. The summed E-state index contributed by atoms with van der Waals surface area (Å²) in [4.78, 5) is 19.4. The molecule has 6 nitrogen and oxygen atoms in total. The Labute approximate surface area is 195 Å². The molecule has 0 radical (unpaired) electrons. The van der Waals surface area contributed by atoms with Gasteiger partial charge in [-0.2, -0.15) is 0 Å². The van der Waals surface area contributed by atoms with E-state index in [1.165, 1.54) is 6.07 Å². The summed E-state index contributed by atoms with van der Waals surface area (Å²) in [5.41, 5.74) is 1.53. The van der Waals surface area contributed by atoms with E-state index in [2.05, 4.69) is 9.80 Å². The zero-order valence-electron chi connectivity index (χ0n) is 19.6. The molecule has 2 atom stereocenters. The van der Waals surface area contributed by atoms with Crippen LogP contribution in [-0.4, -0.2) is 80.6 Å². The smallest absolute Gasteiger partial charge is 0.236 e. The van der Waals surface area contributed by atoms with Crippen molar-refractivity contribution in [2.75, 3.05) is 60.0 Å². The molecule has 0 bridgehead atoms. The molecule has 1 saturated heterocycles. The Morgan fingerprint density at radius 2 is 1.94 bits per heavy atom. The largest absolute Gasteiger partial charge is 0.484 e. The summed E-state index contributed by atoms with van der Waals surface area (Å²) in [7, 11) is 3.61. The number of amides is 1. The highest BCUT2D eigenvalue weighted by atomic mass is 19.1. The molecule has 0 aromatic heterocycles. The number of likely N-dealkylation sites (N-methyl/N-ethyl adjacent to an activating group) is 1. The summed E-state index contributed by atoms with van der Waals surface area (Å²) in [6.07, 6.45) is 0.624.